The summed E-state index contributed by atoms with van der Waals surface area (Å²) < 4.78 is 0. The fraction of sp³-hybridized carbons (Fsp3) is 0.235. The summed E-state index contributed by atoms with van der Waals surface area (Å²) in [7, 11) is 0. The number of aromatic nitrogens is 1. The zero-order chi connectivity index (χ0) is 15.5. The van der Waals surface area contributed by atoms with Crippen molar-refractivity contribution in [2.24, 2.45) is 0 Å². The molecule has 1 aliphatic rings. The van der Waals surface area contributed by atoms with Crippen molar-refractivity contribution in [3.8, 4) is 0 Å². The van der Waals surface area contributed by atoms with Gasteiger partial charge in [-0.05, 0) is 24.6 Å². The Hall–Kier alpha value is -2.69. The molecule has 5 nitrogen and oxygen atoms in total. The molecule has 2 amide bonds. The van der Waals surface area contributed by atoms with E-state index in [-0.39, 0.29) is 11.8 Å². The maximum absolute atomic E-state index is 12.7. The fourth-order valence-corrected chi connectivity index (χ4v) is 2.72. The SMILES string of the molecule is Cc1cccc(C2C(=O)NCCN2C(=O)c2ccncc2)c1. The van der Waals surface area contributed by atoms with Gasteiger partial charge in [0.1, 0.15) is 6.04 Å². The van der Waals surface area contributed by atoms with Gasteiger partial charge in [-0.1, -0.05) is 29.8 Å². The molecule has 0 aliphatic carbocycles. The monoisotopic (exact) mass is 295 g/mol. The molecule has 1 aliphatic heterocycles. The van der Waals surface area contributed by atoms with E-state index in [0.29, 0.717) is 18.7 Å². The molecule has 2 heterocycles. The number of piperazine rings is 1. The normalized spacial score (nSPS) is 18.0. The van der Waals surface area contributed by atoms with Crippen molar-refractivity contribution in [2.75, 3.05) is 13.1 Å². The van der Waals surface area contributed by atoms with E-state index < -0.39 is 6.04 Å². The van der Waals surface area contributed by atoms with Crippen molar-refractivity contribution in [3.05, 3.63) is 65.5 Å². The first-order valence-electron chi connectivity index (χ1n) is 7.22. The smallest absolute Gasteiger partial charge is 0.254 e. The van der Waals surface area contributed by atoms with Gasteiger partial charge in [0.15, 0.2) is 0 Å². The topological polar surface area (TPSA) is 62.3 Å². The highest BCUT2D eigenvalue weighted by atomic mass is 16.2. The molecule has 1 N–H and O–H groups in total. The number of hydrogen-bond donors (Lipinski definition) is 1. The number of nitrogens with one attached hydrogen (secondary N) is 1. The molecule has 1 unspecified atom stereocenters. The van der Waals surface area contributed by atoms with Gasteiger partial charge in [-0.3, -0.25) is 14.6 Å². The first-order valence-corrected chi connectivity index (χ1v) is 7.22. The van der Waals surface area contributed by atoms with E-state index in [4.69, 9.17) is 0 Å². The molecule has 1 aromatic heterocycles. The highest BCUT2D eigenvalue weighted by Crippen LogP contribution is 2.25. The molecule has 1 saturated heterocycles. The molecule has 0 radical (unpaired) electrons. The third-order valence-electron chi connectivity index (χ3n) is 3.76. The van der Waals surface area contributed by atoms with E-state index >= 15 is 0 Å². The number of carbonyl (C=O) groups is 2. The molecule has 3 rings (SSSR count). The summed E-state index contributed by atoms with van der Waals surface area (Å²) in [5.74, 6) is -0.289. The summed E-state index contributed by atoms with van der Waals surface area (Å²) in [4.78, 5) is 30.6. The van der Waals surface area contributed by atoms with Crippen LogP contribution in [0, 0.1) is 6.92 Å². The molecular formula is C17H17N3O2. The zero-order valence-corrected chi connectivity index (χ0v) is 12.3. The highest BCUT2D eigenvalue weighted by Gasteiger charge is 2.34. The van der Waals surface area contributed by atoms with Crippen molar-refractivity contribution in [2.45, 2.75) is 13.0 Å². The number of aryl methyl sites for hydroxylation is 1. The molecule has 112 valence electrons. The summed E-state index contributed by atoms with van der Waals surface area (Å²) in [6, 6.07) is 10.5. The van der Waals surface area contributed by atoms with Crippen LogP contribution in [0.5, 0.6) is 0 Å². The Morgan fingerprint density at radius 1 is 1.27 bits per heavy atom. The second-order valence-electron chi connectivity index (χ2n) is 5.34. The van der Waals surface area contributed by atoms with Crippen molar-refractivity contribution in [3.63, 3.8) is 0 Å². The van der Waals surface area contributed by atoms with Crippen molar-refractivity contribution >= 4 is 11.8 Å². The van der Waals surface area contributed by atoms with Crippen LogP contribution in [0.25, 0.3) is 0 Å². The number of rotatable bonds is 2. The molecule has 5 heteroatoms. The van der Waals surface area contributed by atoms with Crippen molar-refractivity contribution < 1.29 is 9.59 Å². The lowest BCUT2D eigenvalue weighted by Crippen LogP contribution is -2.52. The lowest BCUT2D eigenvalue weighted by atomic mass is 9.99. The van der Waals surface area contributed by atoms with Crippen LogP contribution in [-0.2, 0) is 4.79 Å². The highest BCUT2D eigenvalue weighted by molar-refractivity contribution is 5.98. The van der Waals surface area contributed by atoms with Gasteiger partial charge in [-0.15, -0.1) is 0 Å². The number of amides is 2. The Kier molecular flexibility index (Phi) is 3.87. The van der Waals surface area contributed by atoms with Gasteiger partial charge >= 0.3 is 0 Å². The van der Waals surface area contributed by atoms with Crippen molar-refractivity contribution in [1.29, 1.82) is 0 Å². The maximum atomic E-state index is 12.7. The lowest BCUT2D eigenvalue weighted by Gasteiger charge is -2.35. The number of carbonyl (C=O) groups excluding carboxylic acids is 2. The molecule has 1 fully saturated rings. The van der Waals surface area contributed by atoms with Crippen LogP contribution in [0.3, 0.4) is 0 Å². The van der Waals surface area contributed by atoms with E-state index in [9.17, 15) is 9.59 Å². The van der Waals surface area contributed by atoms with E-state index in [2.05, 4.69) is 10.3 Å². The van der Waals surface area contributed by atoms with Gasteiger partial charge < -0.3 is 10.2 Å². The van der Waals surface area contributed by atoms with Crippen LogP contribution in [0.1, 0.15) is 27.5 Å². The molecule has 0 spiro atoms. The molecule has 22 heavy (non-hydrogen) atoms. The van der Waals surface area contributed by atoms with Gasteiger partial charge in [0.25, 0.3) is 5.91 Å². The van der Waals surface area contributed by atoms with Crippen LogP contribution in [0.2, 0.25) is 0 Å². The minimum absolute atomic E-state index is 0.140. The summed E-state index contributed by atoms with van der Waals surface area (Å²) in [5.41, 5.74) is 2.44. The molecule has 0 saturated carbocycles. The van der Waals surface area contributed by atoms with Crippen LogP contribution < -0.4 is 5.32 Å². The second-order valence-corrected chi connectivity index (χ2v) is 5.34. The van der Waals surface area contributed by atoms with Gasteiger partial charge in [0, 0.05) is 31.0 Å². The molecule has 0 bridgehead atoms. The third-order valence-corrected chi connectivity index (χ3v) is 3.76. The van der Waals surface area contributed by atoms with Crippen LogP contribution in [0.15, 0.2) is 48.8 Å². The predicted molar refractivity (Wildman–Crippen MR) is 82.2 cm³/mol. The first kappa shape index (κ1) is 14.3. The van der Waals surface area contributed by atoms with Crippen LogP contribution in [-0.4, -0.2) is 34.8 Å². The van der Waals surface area contributed by atoms with Gasteiger partial charge in [-0.25, -0.2) is 0 Å². The molecule has 2 aromatic rings. The van der Waals surface area contributed by atoms with Gasteiger partial charge in [-0.2, -0.15) is 0 Å². The summed E-state index contributed by atoms with van der Waals surface area (Å²) in [5, 5.41) is 2.84. The Morgan fingerprint density at radius 2 is 2.05 bits per heavy atom. The Labute approximate surface area is 129 Å². The van der Waals surface area contributed by atoms with Gasteiger partial charge in [0.05, 0.1) is 0 Å². The minimum atomic E-state index is -0.589. The summed E-state index contributed by atoms with van der Waals surface area (Å²) in [6.45, 7) is 2.93. The van der Waals surface area contributed by atoms with Crippen LogP contribution in [0.4, 0.5) is 0 Å². The number of nitrogens with zero attached hydrogens (tertiary/aromatic N) is 2. The average molecular weight is 295 g/mol. The Balaban J connectivity index is 1.97. The van der Waals surface area contributed by atoms with E-state index in [1.54, 1.807) is 29.4 Å². The Morgan fingerprint density at radius 3 is 2.77 bits per heavy atom. The largest absolute Gasteiger partial charge is 0.352 e. The Bertz CT molecular complexity index is 700. The molecule has 1 aromatic carbocycles. The van der Waals surface area contributed by atoms with Gasteiger partial charge in [0.2, 0.25) is 5.91 Å². The molecular weight excluding hydrogens is 278 g/mol. The van der Waals surface area contributed by atoms with E-state index in [0.717, 1.165) is 11.1 Å². The lowest BCUT2D eigenvalue weighted by molar-refractivity contribution is -0.128. The first-order chi connectivity index (χ1) is 10.7. The van der Waals surface area contributed by atoms with E-state index in [1.165, 1.54) is 0 Å². The minimum Gasteiger partial charge on any atom is -0.352 e. The maximum Gasteiger partial charge on any atom is 0.254 e. The average Bonchev–Trinajstić information content (AvgIpc) is 2.54. The number of benzene rings is 1. The summed E-state index contributed by atoms with van der Waals surface area (Å²) in [6.07, 6.45) is 3.16. The predicted octanol–water partition coefficient (Wildman–Crippen LogP) is 1.70. The standard InChI is InChI=1S/C17H17N3O2/c1-12-3-2-4-14(11-12)15-16(21)19-9-10-20(15)17(22)13-5-7-18-8-6-13/h2-8,11,15H,9-10H2,1H3,(H,19,21). The quantitative estimate of drug-likeness (QED) is 0.917. The number of hydrogen-bond acceptors (Lipinski definition) is 3. The van der Waals surface area contributed by atoms with Crippen LogP contribution >= 0.6 is 0 Å². The summed E-state index contributed by atoms with van der Waals surface area (Å²) >= 11 is 0. The third kappa shape index (κ3) is 2.70. The second kappa shape index (κ2) is 5.97. The molecule has 1 atom stereocenters. The number of pyridine rings is 1. The van der Waals surface area contributed by atoms with E-state index in [1.807, 2.05) is 31.2 Å². The fourth-order valence-electron chi connectivity index (χ4n) is 2.72. The van der Waals surface area contributed by atoms with Crippen molar-refractivity contribution in [1.82, 2.24) is 15.2 Å². The zero-order valence-electron chi connectivity index (χ0n) is 12.3.